The van der Waals surface area contributed by atoms with Gasteiger partial charge in [-0.3, -0.25) is 0 Å². The van der Waals surface area contributed by atoms with Crippen LogP contribution in [0, 0.1) is 20.8 Å². The maximum atomic E-state index is 2.49. The maximum Gasteiger partial charge on any atom is 0.0108 e. The zero-order valence-corrected chi connectivity index (χ0v) is 43.6. The van der Waals surface area contributed by atoms with Crippen LogP contribution in [0.15, 0.2) is 182 Å². The molecule has 66 heavy (non-hydrogen) atoms. The van der Waals surface area contributed by atoms with Crippen molar-refractivity contribution in [3.8, 4) is 11.1 Å². The highest BCUT2D eigenvalue weighted by Gasteiger charge is 2.30. The van der Waals surface area contributed by atoms with Gasteiger partial charge in [0.05, 0.1) is 0 Å². The Labute approximate surface area is 404 Å². The first-order valence-corrected chi connectivity index (χ1v) is 25.6. The van der Waals surface area contributed by atoms with E-state index in [1.54, 1.807) is 11.1 Å². The fraction of sp³-hybridized carbons (Fsp3) is 0.333. The lowest BCUT2D eigenvalue weighted by Gasteiger charge is -2.16. The van der Waals surface area contributed by atoms with Crippen LogP contribution < -0.4 is 0 Å². The smallest absolute Gasteiger partial charge is 0.0108 e. The molecule has 0 nitrogen and oxygen atoms in total. The average Bonchev–Trinajstić information content (AvgIpc) is 3.69. The second kappa shape index (κ2) is 33.7. The van der Waals surface area contributed by atoms with Crippen molar-refractivity contribution in [3.63, 3.8) is 0 Å². The fourth-order valence-corrected chi connectivity index (χ4v) is 7.95. The third kappa shape index (κ3) is 18.6. The van der Waals surface area contributed by atoms with E-state index in [4.69, 9.17) is 0 Å². The van der Waals surface area contributed by atoms with Gasteiger partial charge in [0.1, 0.15) is 0 Å². The molecule has 0 bridgehead atoms. The van der Waals surface area contributed by atoms with E-state index in [2.05, 4.69) is 194 Å². The Hall–Kier alpha value is -5.72. The minimum Gasteiger partial charge on any atom is -0.0683 e. The molecule has 1 aliphatic carbocycles. The second-order valence-corrected chi connectivity index (χ2v) is 16.1. The van der Waals surface area contributed by atoms with Crippen LogP contribution in [0.25, 0.3) is 32.7 Å². The minimum atomic E-state index is 0.521. The molecule has 0 radical (unpaired) electrons. The van der Waals surface area contributed by atoms with E-state index in [0.29, 0.717) is 5.92 Å². The Morgan fingerprint density at radius 2 is 0.788 bits per heavy atom. The van der Waals surface area contributed by atoms with E-state index >= 15 is 0 Å². The van der Waals surface area contributed by atoms with Gasteiger partial charge in [0.2, 0.25) is 0 Å². The summed E-state index contributed by atoms with van der Waals surface area (Å²) in [6.45, 7) is 27.3. The quantitative estimate of drug-likeness (QED) is 0.133. The molecule has 0 heterocycles. The number of hydrogen-bond acceptors (Lipinski definition) is 0. The standard InChI is InChI=1S/C29H30.3C8H10.C7H8.3C2H6/c1-4-5-6-7-8-25-28-18-23-16-19(2)9-11-21(23)17-27(28)26-14-12-22-15-20(3)10-13-24(22)29(25)26;3*1-2-8-6-4-3-5-7-8;1-7-5-3-2-4-6-7;3*1-2/h9-18,25H,4-8H2,1-3H3;3*3-7H,2H2,1H3;2-6H,1H3;3*1-2H3. The topological polar surface area (TPSA) is 0 Å². The molecular formula is C66H86. The van der Waals surface area contributed by atoms with Crippen LogP contribution in [0.2, 0.25) is 0 Å². The first-order chi connectivity index (χ1) is 32.3. The van der Waals surface area contributed by atoms with E-state index in [1.165, 1.54) is 98.2 Å². The molecule has 350 valence electrons. The number of hydrogen-bond donors (Lipinski definition) is 0. The minimum absolute atomic E-state index is 0.521. The summed E-state index contributed by atoms with van der Waals surface area (Å²) < 4.78 is 0. The molecule has 0 amide bonds. The summed E-state index contributed by atoms with van der Waals surface area (Å²) in [7, 11) is 0. The summed E-state index contributed by atoms with van der Waals surface area (Å²) in [6.07, 6.45) is 9.97. The highest BCUT2D eigenvalue weighted by atomic mass is 14.3. The number of fused-ring (bicyclic) bond motifs is 6. The molecule has 0 aromatic heterocycles. The molecule has 0 saturated carbocycles. The predicted octanol–water partition coefficient (Wildman–Crippen LogP) is 20.5. The van der Waals surface area contributed by atoms with Gasteiger partial charge in [-0.15, -0.1) is 0 Å². The summed E-state index contributed by atoms with van der Waals surface area (Å²) in [5.41, 5.74) is 14.3. The predicted molar refractivity (Wildman–Crippen MR) is 300 cm³/mol. The van der Waals surface area contributed by atoms with Gasteiger partial charge in [0.25, 0.3) is 0 Å². The van der Waals surface area contributed by atoms with E-state index in [-0.39, 0.29) is 0 Å². The van der Waals surface area contributed by atoms with Crippen LogP contribution in [-0.4, -0.2) is 0 Å². The van der Waals surface area contributed by atoms with Crippen LogP contribution in [0.4, 0.5) is 0 Å². The first-order valence-electron chi connectivity index (χ1n) is 25.6. The van der Waals surface area contributed by atoms with E-state index in [0.717, 1.165) is 19.3 Å². The first kappa shape index (κ1) is 56.4. The third-order valence-electron chi connectivity index (χ3n) is 11.4. The lowest BCUT2D eigenvalue weighted by molar-refractivity contribution is 0.603. The highest BCUT2D eigenvalue weighted by Crippen LogP contribution is 2.51. The van der Waals surface area contributed by atoms with Gasteiger partial charge in [0.15, 0.2) is 0 Å². The van der Waals surface area contributed by atoms with E-state index < -0.39 is 0 Å². The molecule has 0 saturated heterocycles. The third-order valence-corrected chi connectivity index (χ3v) is 11.4. The van der Waals surface area contributed by atoms with Crippen molar-refractivity contribution < 1.29 is 0 Å². The molecule has 0 heteroatoms. The molecule has 8 aromatic carbocycles. The molecule has 0 N–H and O–H groups in total. The molecule has 0 fully saturated rings. The Morgan fingerprint density at radius 3 is 1.21 bits per heavy atom. The summed E-state index contributed by atoms with van der Waals surface area (Å²) in [5, 5.41) is 5.58. The van der Waals surface area contributed by atoms with Gasteiger partial charge in [-0.25, -0.2) is 0 Å². The zero-order valence-electron chi connectivity index (χ0n) is 43.6. The molecule has 1 atom stereocenters. The van der Waals surface area contributed by atoms with E-state index in [9.17, 15) is 0 Å². The molecule has 1 unspecified atom stereocenters. The van der Waals surface area contributed by atoms with Gasteiger partial charge in [0, 0.05) is 5.92 Å². The molecule has 1 aliphatic rings. The molecular weight excluding hydrogens is 793 g/mol. The van der Waals surface area contributed by atoms with Gasteiger partial charge in [-0.1, -0.05) is 281 Å². The second-order valence-electron chi connectivity index (χ2n) is 16.1. The normalized spacial score (nSPS) is 11.1. The van der Waals surface area contributed by atoms with Crippen molar-refractivity contribution in [2.45, 2.75) is 147 Å². The molecule has 8 aromatic rings. The van der Waals surface area contributed by atoms with E-state index in [1.807, 2.05) is 77.9 Å². The summed E-state index contributed by atoms with van der Waals surface area (Å²) in [4.78, 5) is 0. The van der Waals surface area contributed by atoms with Crippen LogP contribution in [-0.2, 0) is 19.3 Å². The molecule has 9 rings (SSSR count). The molecule has 0 spiro atoms. The van der Waals surface area contributed by atoms with Crippen LogP contribution in [0.5, 0.6) is 0 Å². The number of aryl methyl sites for hydroxylation is 6. The number of benzene rings is 8. The maximum absolute atomic E-state index is 2.49. The van der Waals surface area contributed by atoms with Gasteiger partial charge < -0.3 is 0 Å². The van der Waals surface area contributed by atoms with Crippen molar-refractivity contribution in [2.24, 2.45) is 0 Å². The largest absolute Gasteiger partial charge is 0.0683 e. The highest BCUT2D eigenvalue weighted by molar-refractivity contribution is 6.00. The van der Waals surface area contributed by atoms with Gasteiger partial charge in [-0.2, -0.15) is 0 Å². The lowest BCUT2D eigenvalue weighted by atomic mass is 9.87. The summed E-state index contributed by atoms with van der Waals surface area (Å²) >= 11 is 0. The monoisotopic (exact) mass is 879 g/mol. The Balaban J connectivity index is 0.000000329. The summed E-state index contributed by atoms with van der Waals surface area (Å²) in [5.74, 6) is 0.521. The van der Waals surface area contributed by atoms with Crippen molar-refractivity contribution >= 4 is 21.5 Å². The number of unbranched alkanes of at least 4 members (excludes halogenated alkanes) is 3. The van der Waals surface area contributed by atoms with Crippen molar-refractivity contribution in [1.82, 2.24) is 0 Å². The van der Waals surface area contributed by atoms with Crippen LogP contribution in [0.1, 0.15) is 152 Å². The van der Waals surface area contributed by atoms with Gasteiger partial charge >= 0.3 is 0 Å². The van der Waals surface area contributed by atoms with Crippen molar-refractivity contribution in [1.29, 1.82) is 0 Å². The fourth-order valence-electron chi connectivity index (χ4n) is 7.95. The Morgan fingerprint density at radius 1 is 0.348 bits per heavy atom. The lowest BCUT2D eigenvalue weighted by Crippen LogP contribution is -1.98. The van der Waals surface area contributed by atoms with Gasteiger partial charge in [-0.05, 0) is 119 Å². The van der Waals surface area contributed by atoms with Crippen molar-refractivity contribution in [3.05, 3.63) is 226 Å². The average molecular weight is 879 g/mol. The SMILES string of the molecule is CC.CC.CC.CCCCCCC1c2cc3cc(C)ccc3cc2-c2ccc3cc(C)ccc3c21.CCc1ccccc1.CCc1ccccc1.CCc1ccccc1.Cc1ccccc1. The van der Waals surface area contributed by atoms with Crippen LogP contribution in [0.3, 0.4) is 0 Å². The van der Waals surface area contributed by atoms with Crippen molar-refractivity contribution in [2.75, 3.05) is 0 Å². The molecule has 0 aliphatic heterocycles. The van der Waals surface area contributed by atoms with Crippen LogP contribution >= 0.6 is 0 Å². The zero-order chi connectivity index (χ0) is 48.5. The summed E-state index contributed by atoms with van der Waals surface area (Å²) in [6, 6.07) is 65.1. The number of rotatable bonds is 8. The Kier molecular flexibility index (Phi) is 28.8. The Bertz CT molecular complexity index is 2330.